The predicted octanol–water partition coefficient (Wildman–Crippen LogP) is 4.73. The zero-order valence-corrected chi connectivity index (χ0v) is 15.2. The van der Waals surface area contributed by atoms with Gasteiger partial charge in [0.1, 0.15) is 0 Å². The topological polar surface area (TPSA) is 9.23 Å². The quantitative estimate of drug-likeness (QED) is 0.667. The zero-order chi connectivity index (χ0) is 14.9. The largest absolute Gasteiger partial charge is 0.434 e. The van der Waals surface area contributed by atoms with Gasteiger partial charge in [-0.2, -0.15) is 0 Å². The van der Waals surface area contributed by atoms with Crippen molar-refractivity contribution in [3.63, 3.8) is 0 Å². The monoisotopic (exact) mass is 288 g/mol. The molecule has 20 heavy (non-hydrogen) atoms. The van der Waals surface area contributed by atoms with Crippen LogP contribution < -0.4 is 0 Å². The minimum atomic E-state index is -1.25. The van der Waals surface area contributed by atoms with Crippen molar-refractivity contribution in [1.82, 2.24) is 0 Å². The van der Waals surface area contributed by atoms with Crippen molar-refractivity contribution < 1.29 is 4.65 Å². The van der Waals surface area contributed by atoms with E-state index in [0.717, 1.165) is 11.8 Å². The Balaban J connectivity index is 2.04. The maximum absolute atomic E-state index is 5.91. The average Bonchev–Trinajstić information content (AvgIpc) is 2.35. The fourth-order valence-corrected chi connectivity index (χ4v) is 7.82. The van der Waals surface area contributed by atoms with Crippen molar-refractivity contribution in [2.24, 2.45) is 17.3 Å². The SMILES string of the molecule is COB1C=C2C(=C(C)[C@H]1[Si](C)(C)C)C[C@H]1C[C@@H]2C1(C)C. The highest BCUT2D eigenvalue weighted by Gasteiger charge is 2.56. The first kappa shape index (κ1) is 14.7. The lowest BCUT2D eigenvalue weighted by Gasteiger charge is -2.60. The average molecular weight is 288 g/mol. The molecule has 4 rings (SSSR count). The Morgan fingerprint density at radius 2 is 1.95 bits per heavy atom. The van der Waals surface area contributed by atoms with E-state index in [1.54, 1.807) is 16.7 Å². The van der Waals surface area contributed by atoms with Crippen LogP contribution in [0.4, 0.5) is 0 Å². The summed E-state index contributed by atoms with van der Waals surface area (Å²) >= 11 is 0. The van der Waals surface area contributed by atoms with Crippen LogP contribution in [0.15, 0.2) is 22.7 Å². The van der Waals surface area contributed by atoms with E-state index in [-0.39, 0.29) is 0 Å². The van der Waals surface area contributed by atoms with Gasteiger partial charge in [-0.25, -0.2) is 0 Å². The van der Waals surface area contributed by atoms with Gasteiger partial charge in [-0.05, 0) is 48.0 Å². The Labute approximate surface area is 126 Å². The molecule has 2 bridgehead atoms. The molecule has 0 unspecified atom stereocenters. The molecule has 0 aromatic carbocycles. The van der Waals surface area contributed by atoms with Crippen LogP contribution in [-0.2, 0) is 4.65 Å². The first-order valence-corrected chi connectivity index (χ1v) is 11.7. The van der Waals surface area contributed by atoms with E-state index in [1.165, 1.54) is 12.8 Å². The van der Waals surface area contributed by atoms with Gasteiger partial charge in [-0.1, -0.05) is 50.6 Å². The molecule has 0 aromatic rings. The summed E-state index contributed by atoms with van der Waals surface area (Å²) in [6, 6.07) is 0. The van der Waals surface area contributed by atoms with E-state index in [9.17, 15) is 0 Å². The summed E-state index contributed by atoms with van der Waals surface area (Å²) in [4.78, 5) is 0. The standard InChI is InChI=1S/C17H29BOSi/c1-11-13-8-12-9-15(17(12,2)3)14(13)10-18(19-4)16(11)20(5,6)7/h10,12,15-16H,8-9H2,1-7H3/t12-,15-,16+/m0/s1. The van der Waals surface area contributed by atoms with E-state index < -0.39 is 8.07 Å². The van der Waals surface area contributed by atoms with Gasteiger partial charge in [0.05, 0.1) is 0 Å². The molecule has 0 amide bonds. The van der Waals surface area contributed by atoms with Crippen molar-refractivity contribution >= 4 is 15.0 Å². The molecule has 0 radical (unpaired) electrons. The molecular weight excluding hydrogens is 259 g/mol. The minimum absolute atomic E-state index is 0.313. The maximum atomic E-state index is 5.91. The van der Waals surface area contributed by atoms with Gasteiger partial charge in [0.15, 0.2) is 0 Å². The lowest BCUT2D eigenvalue weighted by atomic mass is 9.42. The highest BCUT2D eigenvalue weighted by atomic mass is 28.3. The molecule has 3 fully saturated rings. The summed E-state index contributed by atoms with van der Waals surface area (Å²) < 4.78 is 5.91. The second-order valence-corrected chi connectivity index (χ2v) is 14.2. The highest BCUT2D eigenvalue weighted by molar-refractivity contribution is 6.90. The third-order valence-corrected chi connectivity index (χ3v) is 9.09. The third-order valence-electron chi connectivity index (χ3n) is 6.46. The van der Waals surface area contributed by atoms with Gasteiger partial charge in [0.25, 0.3) is 0 Å². The van der Waals surface area contributed by atoms with Crippen LogP contribution in [0.2, 0.25) is 25.1 Å². The van der Waals surface area contributed by atoms with Gasteiger partial charge < -0.3 is 4.65 Å². The highest BCUT2D eigenvalue weighted by Crippen LogP contribution is 2.64. The van der Waals surface area contributed by atoms with Crippen LogP contribution in [-0.4, -0.2) is 22.1 Å². The summed E-state index contributed by atoms with van der Waals surface area (Å²) in [7, 11) is 0.643. The first-order chi connectivity index (χ1) is 9.17. The summed E-state index contributed by atoms with van der Waals surface area (Å²) in [5.41, 5.74) is 6.20. The van der Waals surface area contributed by atoms with Crippen LogP contribution in [0.1, 0.15) is 33.6 Å². The van der Waals surface area contributed by atoms with Gasteiger partial charge in [0, 0.05) is 15.2 Å². The molecule has 3 atom stereocenters. The Bertz CT molecular complexity index is 498. The molecule has 3 aliphatic carbocycles. The second kappa shape index (κ2) is 4.36. The summed E-state index contributed by atoms with van der Waals surface area (Å²) in [5, 5.41) is 0. The lowest BCUT2D eigenvalue weighted by Crippen LogP contribution is -2.52. The van der Waals surface area contributed by atoms with Crippen LogP contribution in [0.25, 0.3) is 0 Å². The van der Waals surface area contributed by atoms with Crippen LogP contribution in [0.3, 0.4) is 0 Å². The van der Waals surface area contributed by atoms with Gasteiger partial charge in [-0.3, -0.25) is 0 Å². The van der Waals surface area contributed by atoms with Crippen molar-refractivity contribution in [3.05, 3.63) is 22.7 Å². The van der Waals surface area contributed by atoms with Crippen LogP contribution in [0.5, 0.6) is 0 Å². The van der Waals surface area contributed by atoms with E-state index in [4.69, 9.17) is 4.65 Å². The molecular formula is C17H29BOSi. The molecule has 1 heterocycles. The fraction of sp³-hybridized carbons (Fsp3) is 0.765. The Morgan fingerprint density at radius 1 is 1.30 bits per heavy atom. The molecule has 1 nitrogen and oxygen atoms in total. The number of hydrogen-bond donors (Lipinski definition) is 0. The van der Waals surface area contributed by atoms with Crippen LogP contribution >= 0.6 is 0 Å². The van der Waals surface area contributed by atoms with Crippen molar-refractivity contribution in [3.8, 4) is 0 Å². The van der Waals surface area contributed by atoms with Gasteiger partial charge >= 0.3 is 6.92 Å². The number of hydrogen-bond acceptors (Lipinski definition) is 1. The number of rotatable bonds is 2. The molecule has 4 aliphatic rings. The normalized spacial score (nSPS) is 35.5. The molecule has 0 aromatic heterocycles. The fourth-order valence-electron chi connectivity index (χ4n) is 5.12. The van der Waals surface area contributed by atoms with E-state index in [0.29, 0.717) is 17.8 Å². The predicted molar refractivity (Wildman–Crippen MR) is 90.6 cm³/mol. The molecule has 0 saturated heterocycles. The molecule has 3 heteroatoms. The molecule has 1 aliphatic heterocycles. The molecule has 0 N–H and O–H groups in total. The summed E-state index contributed by atoms with van der Waals surface area (Å²) in [5.74, 6) is 4.20. The Morgan fingerprint density at radius 3 is 2.45 bits per heavy atom. The minimum Gasteiger partial charge on any atom is -0.434 e. The van der Waals surface area contributed by atoms with Crippen molar-refractivity contribution in [1.29, 1.82) is 0 Å². The van der Waals surface area contributed by atoms with E-state index >= 15 is 0 Å². The maximum Gasteiger partial charge on any atom is 0.323 e. The zero-order valence-electron chi connectivity index (χ0n) is 14.2. The molecule has 3 saturated carbocycles. The molecule has 0 spiro atoms. The summed E-state index contributed by atoms with van der Waals surface area (Å²) in [6.07, 6.45) is 2.72. The lowest BCUT2D eigenvalue weighted by molar-refractivity contribution is -0.0117. The van der Waals surface area contributed by atoms with E-state index in [2.05, 4.69) is 46.4 Å². The Hall–Kier alpha value is -0.278. The number of allylic oxidation sites excluding steroid dienone is 3. The van der Waals surface area contributed by atoms with Crippen molar-refractivity contribution in [2.45, 2.75) is 58.7 Å². The van der Waals surface area contributed by atoms with Gasteiger partial charge in [-0.15, -0.1) is 0 Å². The second-order valence-electron chi connectivity index (χ2n) is 8.84. The van der Waals surface area contributed by atoms with E-state index in [1.807, 2.05) is 7.11 Å². The van der Waals surface area contributed by atoms with Gasteiger partial charge in [0.2, 0.25) is 0 Å². The summed E-state index contributed by atoms with van der Waals surface area (Å²) in [6.45, 7) is 15.1. The molecule has 110 valence electrons. The first-order valence-electron chi connectivity index (χ1n) is 8.12. The van der Waals surface area contributed by atoms with Crippen molar-refractivity contribution in [2.75, 3.05) is 7.11 Å². The van der Waals surface area contributed by atoms with Crippen LogP contribution in [0, 0.1) is 17.3 Å². The Kier molecular flexibility index (Phi) is 3.19. The smallest absolute Gasteiger partial charge is 0.323 e. The third kappa shape index (κ3) is 1.85.